The van der Waals surface area contributed by atoms with Crippen molar-refractivity contribution in [1.82, 2.24) is 10.2 Å². The Hall–Kier alpha value is -2.88. The number of Topliss-reactive ketones (excluding diaryl/α,β-unsaturated/α-hetero) is 1. The van der Waals surface area contributed by atoms with Crippen molar-refractivity contribution in [2.24, 2.45) is 5.41 Å². The number of nitrogens with one attached hydrogen (secondary N) is 1. The van der Waals surface area contributed by atoms with Crippen LogP contribution in [0.25, 0.3) is 0 Å². The number of halogens is 3. The molecule has 1 aliphatic heterocycles. The minimum absolute atomic E-state index is 0.00616. The first-order valence-electron chi connectivity index (χ1n) is 9.50. The van der Waals surface area contributed by atoms with Gasteiger partial charge < -0.3 is 14.6 Å². The summed E-state index contributed by atoms with van der Waals surface area (Å²) >= 11 is 0.939. The summed E-state index contributed by atoms with van der Waals surface area (Å²) in [4.78, 5) is 40.0. The second-order valence-electron chi connectivity index (χ2n) is 8.41. The van der Waals surface area contributed by atoms with Crippen LogP contribution in [-0.2, 0) is 16.1 Å². The maximum Gasteiger partial charge on any atom is 0.425 e. The molecule has 0 saturated carbocycles. The van der Waals surface area contributed by atoms with E-state index in [2.05, 4.69) is 0 Å². The lowest BCUT2D eigenvalue weighted by Crippen LogP contribution is -2.66. The lowest BCUT2D eigenvalue weighted by molar-refractivity contribution is -0.191. The molecule has 0 saturated heterocycles. The van der Waals surface area contributed by atoms with Crippen LogP contribution in [0.2, 0.25) is 0 Å². The van der Waals surface area contributed by atoms with Crippen molar-refractivity contribution in [3.8, 4) is 0 Å². The van der Waals surface area contributed by atoms with Gasteiger partial charge in [-0.2, -0.15) is 13.2 Å². The molecule has 0 aromatic carbocycles. The monoisotopic (exact) mass is 452 g/mol. The molecule has 0 fully saturated rings. The van der Waals surface area contributed by atoms with Gasteiger partial charge in [0.05, 0.1) is 23.3 Å². The zero-order valence-corrected chi connectivity index (χ0v) is 17.5. The van der Waals surface area contributed by atoms with Crippen LogP contribution in [0.15, 0.2) is 51.6 Å². The van der Waals surface area contributed by atoms with E-state index >= 15 is 0 Å². The molecule has 10 heteroatoms. The molecule has 2 amide bonds. The number of furan rings is 1. The number of alkyl halides is 3. The molecule has 164 valence electrons. The van der Waals surface area contributed by atoms with E-state index in [-0.39, 0.29) is 35.7 Å². The highest BCUT2D eigenvalue weighted by Crippen LogP contribution is 2.52. The van der Waals surface area contributed by atoms with Crippen LogP contribution >= 0.6 is 11.3 Å². The highest BCUT2D eigenvalue weighted by Gasteiger charge is 2.71. The predicted molar refractivity (Wildman–Crippen MR) is 105 cm³/mol. The number of rotatable bonds is 4. The molecular weight excluding hydrogens is 433 g/mol. The van der Waals surface area contributed by atoms with E-state index in [9.17, 15) is 27.6 Å². The number of hydrogen-bond donors (Lipinski definition) is 1. The summed E-state index contributed by atoms with van der Waals surface area (Å²) < 4.78 is 49.0. The molecule has 3 heterocycles. The van der Waals surface area contributed by atoms with Gasteiger partial charge in [0.25, 0.3) is 11.8 Å². The maximum absolute atomic E-state index is 14.6. The number of ketones is 1. The molecule has 6 nitrogen and oxygen atoms in total. The molecule has 0 radical (unpaired) electrons. The van der Waals surface area contributed by atoms with E-state index in [0.29, 0.717) is 0 Å². The quantitative estimate of drug-likeness (QED) is 0.759. The van der Waals surface area contributed by atoms with Gasteiger partial charge >= 0.3 is 6.18 Å². The Morgan fingerprint density at radius 3 is 2.55 bits per heavy atom. The molecular formula is C21H19F3N2O4S. The summed E-state index contributed by atoms with van der Waals surface area (Å²) in [6, 6.07) is 5.95. The number of nitrogens with zero attached hydrogens (tertiary/aromatic N) is 1. The minimum Gasteiger partial charge on any atom is -0.467 e. The maximum atomic E-state index is 14.6. The van der Waals surface area contributed by atoms with Crippen LogP contribution in [-0.4, -0.2) is 34.2 Å². The molecule has 31 heavy (non-hydrogen) atoms. The van der Waals surface area contributed by atoms with Crippen LogP contribution in [0, 0.1) is 5.41 Å². The van der Waals surface area contributed by atoms with Crippen molar-refractivity contribution in [2.75, 3.05) is 0 Å². The van der Waals surface area contributed by atoms with Crippen molar-refractivity contribution in [2.45, 2.75) is 44.9 Å². The zero-order valence-electron chi connectivity index (χ0n) is 16.7. The molecule has 2 aromatic heterocycles. The molecule has 0 bridgehead atoms. The number of amides is 2. The lowest BCUT2D eigenvalue weighted by Gasteiger charge is -2.35. The van der Waals surface area contributed by atoms with Crippen LogP contribution in [0.4, 0.5) is 13.2 Å². The molecule has 1 aliphatic carbocycles. The highest BCUT2D eigenvalue weighted by atomic mass is 32.1. The summed E-state index contributed by atoms with van der Waals surface area (Å²) in [5.74, 6) is -3.01. The second-order valence-corrected chi connectivity index (χ2v) is 9.36. The number of hydrogen-bond acceptors (Lipinski definition) is 5. The fourth-order valence-corrected chi connectivity index (χ4v) is 4.81. The molecule has 2 aromatic rings. The molecule has 4 rings (SSSR count). The Balaban J connectivity index is 1.88. The van der Waals surface area contributed by atoms with Crippen LogP contribution in [0.3, 0.4) is 0 Å². The Labute approximate surface area is 179 Å². The Kier molecular flexibility index (Phi) is 4.88. The first-order chi connectivity index (χ1) is 14.5. The second kappa shape index (κ2) is 7.08. The molecule has 0 spiro atoms. The fraction of sp³-hybridized carbons (Fsp3) is 0.381. The number of carbonyl (C=O) groups is 3. The van der Waals surface area contributed by atoms with Gasteiger partial charge in [-0.3, -0.25) is 14.4 Å². The first kappa shape index (κ1) is 21.4. The molecule has 2 aliphatic rings. The molecule has 1 N–H and O–H groups in total. The Bertz CT molecular complexity index is 1070. The SMILES string of the molecule is CC1(C)CC(=O)C2=C(C1)N(Cc1ccco1)C(=O)C2(NC(=O)c1cccs1)C(F)(F)F. The lowest BCUT2D eigenvalue weighted by atomic mass is 9.72. The largest absolute Gasteiger partial charge is 0.467 e. The van der Waals surface area contributed by atoms with Crippen molar-refractivity contribution in [1.29, 1.82) is 0 Å². The van der Waals surface area contributed by atoms with Crippen molar-refractivity contribution >= 4 is 28.9 Å². The predicted octanol–water partition coefficient (Wildman–Crippen LogP) is 4.06. The summed E-state index contributed by atoms with van der Waals surface area (Å²) in [6.07, 6.45) is -3.98. The zero-order chi connectivity index (χ0) is 22.6. The van der Waals surface area contributed by atoms with Crippen molar-refractivity contribution in [3.63, 3.8) is 0 Å². The van der Waals surface area contributed by atoms with E-state index in [1.54, 1.807) is 19.9 Å². The van der Waals surface area contributed by atoms with Gasteiger partial charge in [0.15, 0.2) is 5.78 Å². The van der Waals surface area contributed by atoms with Gasteiger partial charge in [0.2, 0.25) is 5.54 Å². The Morgan fingerprint density at radius 2 is 1.97 bits per heavy atom. The average molecular weight is 452 g/mol. The van der Waals surface area contributed by atoms with Gasteiger partial charge in [0.1, 0.15) is 5.76 Å². The first-order valence-corrected chi connectivity index (χ1v) is 10.4. The van der Waals surface area contributed by atoms with E-state index in [1.165, 1.54) is 29.8 Å². The van der Waals surface area contributed by atoms with Crippen molar-refractivity contribution in [3.05, 3.63) is 57.8 Å². The summed E-state index contributed by atoms with van der Waals surface area (Å²) in [5, 5.41) is 3.43. The third kappa shape index (κ3) is 3.38. The Morgan fingerprint density at radius 1 is 1.23 bits per heavy atom. The van der Waals surface area contributed by atoms with Gasteiger partial charge in [-0.15, -0.1) is 11.3 Å². The summed E-state index contributed by atoms with van der Waals surface area (Å²) in [6.45, 7) is 3.23. The highest BCUT2D eigenvalue weighted by molar-refractivity contribution is 7.12. The summed E-state index contributed by atoms with van der Waals surface area (Å²) in [7, 11) is 0. The van der Waals surface area contributed by atoms with E-state index in [4.69, 9.17) is 4.42 Å². The van der Waals surface area contributed by atoms with E-state index in [1.807, 2.05) is 5.32 Å². The van der Waals surface area contributed by atoms with E-state index < -0.39 is 40.3 Å². The van der Waals surface area contributed by atoms with Gasteiger partial charge in [-0.1, -0.05) is 19.9 Å². The smallest absolute Gasteiger partial charge is 0.425 e. The normalized spacial score (nSPS) is 23.3. The average Bonchev–Trinajstić information content (AvgIpc) is 3.38. The van der Waals surface area contributed by atoms with Gasteiger partial charge in [-0.25, -0.2) is 0 Å². The van der Waals surface area contributed by atoms with E-state index in [0.717, 1.165) is 16.2 Å². The fourth-order valence-electron chi connectivity index (χ4n) is 4.19. The summed E-state index contributed by atoms with van der Waals surface area (Å²) in [5.41, 5.74) is -4.80. The number of carbonyl (C=O) groups excluding carboxylic acids is 3. The number of thiophene rings is 1. The van der Waals surface area contributed by atoms with Gasteiger partial charge in [0, 0.05) is 12.1 Å². The van der Waals surface area contributed by atoms with Gasteiger partial charge in [-0.05, 0) is 35.4 Å². The van der Waals surface area contributed by atoms with Crippen LogP contribution in [0.1, 0.15) is 42.1 Å². The topological polar surface area (TPSA) is 79.6 Å². The third-order valence-electron chi connectivity index (χ3n) is 5.48. The number of allylic oxidation sites excluding steroid dienone is 1. The minimum atomic E-state index is -5.23. The van der Waals surface area contributed by atoms with Crippen LogP contribution < -0.4 is 5.32 Å². The third-order valence-corrected chi connectivity index (χ3v) is 6.35. The molecule has 1 atom stereocenters. The van der Waals surface area contributed by atoms with Crippen LogP contribution in [0.5, 0.6) is 0 Å². The van der Waals surface area contributed by atoms with Crippen molar-refractivity contribution < 1.29 is 32.0 Å². The molecule has 1 unspecified atom stereocenters. The standard InChI is InChI=1S/C21H19F3N2O4S/c1-19(2)9-13-16(14(27)10-19)20(21(22,23)24,25-17(28)15-6-4-8-31-15)18(29)26(13)11-12-5-3-7-30-12/h3-8H,9-11H2,1-2H3,(H,25,28).